The molecular weight excluding hydrogens is 336 g/mol. The number of rotatable bonds is 5. The van der Waals surface area contributed by atoms with E-state index in [0.717, 1.165) is 6.07 Å². The molecule has 0 bridgehead atoms. The van der Waals surface area contributed by atoms with E-state index in [4.69, 9.17) is 22.1 Å². The van der Waals surface area contributed by atoms with Gasteiger partial charge in [-0.15, -0.1) is 0 Å². The number of carbonyl (C=O) groups excluding carboxylic acids is 2. The molecule has 2 N–H and O–H groups in total. The molecule has 0 aliphatic rings. The van der Waals surface area contributed by atoms with Crippen LogP contribution in [0.2, 0.25) is 5.02 Å². The molecule has 2 aromatic rings. The van der Waals surface area contributed by atoms with Gasteiger partial charge in [-0.05, 0) is 43.3 Å². The number of anilines is 1. The van der Waals surface area contributed by atoms with Crippen molar-refractivity contribution >= 4 is 34.7 Å². The molecule has 2 rings (SSSR count). The van der Waals surface area contributed by atoms with Crippen molar-refractivity contribution in [1.82, 2.24) is 0 Å². The third kappa shape index (κ3) is 3.88. The molecule has 124 valence electrons. The topological polar surface area (TPSA) is 113 Å². The van der Waals surface area contributed by atoms with E-state index in [1.54, 1.807) is 12.1 Å². The standard InChI is InChI=1S/C16H13ClN2O5/c1-9(15(20)10-2-5-12(17)6-3-10)24-16(21)11-4-7-13(18)14(8-11)19(22)23/h2-9H,18H2,1H3/t9-/m0/s1. The first-order chi connectivity index (χ1) is 11.3. The van der Waals surface area contributed by atoms with Gasteiger partial charge >= 0.3 is 5.97 Å². The lowest BCUT2D eigenvalue weighted by Crippen LogP contribution is -2.24. The summed E-state index contributed by atoms with van der Waals surface area (Å²) in [6.45, 7) is 1.42. The highest BCUT2D eigenvalue weighted by atomic mass is 35.5. The first-order valence-electron chi connectivity index (χ1n) is 6.84. The summed E-state index contributed by atoms with van der Waals surface area (Å²) < 4.78 is 5.07. The molecule has 0 aromatic heterocycles. The molecule has 1 atom stereocenters. The molecule has 0 spiro atoms. The van der Waals surface area contributed by atoms with E-state index < -0.39 is 28.5 Å². The zero-order valence-electron chi connectivity index (χ0n) is 12.6. The predicted octanol–water partition coefficient (Wildman–Crippen LogP) is 3.26. The van der Waals surface area contributed by atoms with Gasteiger partial charge in [-0.1, -0.05) is 11.6 Å². The fourth-order valence-corrected chi connectivity index (χ4v) is 2.09. The number of esters is 1. The van der Waals surface area contributed by atoms with Gasteiger partial charge < -0.3 is 10.5 Å². The highest BCUT2D eigenvalue weighted by Crippen LogP contribution is 2.23. The Labute approximate surface area is 142 Å². The minimum Gasteiger partial charge on any atom is -0.451 e. The average molecular weight is 349 g/mol. The first-order valence-corrected chi connectivity index (χ1v) is 7.22. The minimum absolute atomic E-state index is 0.0633. The van der Waals surface area contributed by atoms with E-state index in [9.17, 15) is 19.7 Å². The zero-order valence-corrected chi connectivity index (χ0v) is 13.3. The first kappa shape index (κ1) is 17.4. The van der Waals surface area contributed by atoms with Crippen LogP contribution < -0.4 is 5.73 Å². The van der Waals surface area contributed by atoms with Crippen molar-refractivity contribution in [2.75, 3.05) is 5.73 Å². The number of Topliss-reactive ketones (excluding diaryl/α,β-unsaturated/α-hetero) is 1. The van der Waals surface area contributed by atoms with Crippen LogP contribution in [0.3, 0.4) is 0 Å². The number of halogens is 1. The third-order valence-electron chi connectivity index (χ3n) is 3.24. The average Bonchev–Trinajstić information content (AvgIpc) is 2.54. The van der Waals surface area contributed by atoms with Gasteiger partial charge in [0.25, 0.3) is 5.69 Å². The summed E-state index contributed by atoms with van der Waals surface area (Å²) in [5, 5.41) is 11.3. The van der Waals surface area contributed by atoms with Gasteiger partial charge in [0.05, 0.1) is 10.5 Å². The molecule has 24 heavy (non-hydrogen) atoms. The SMILES string of the molecule is C[C@H](OC(=O)c1ccc(N)c([N+](=O)[O-])c1)C(=O)c1ccc(Cl)cc1. The highest BCUT2D eigenvalue weighted by molar-refractivity contribution is 6.30. The summed E-state index contributed by atoms with van der Waals surface area (Å²) in [7, 11) is 0. The second-order valence-corrected chi connectivity index (χ2v) is 5.39. The van der Waals surface area contributed by atoms with Crippen LogP contribution in [0, 0.1) is 10.1 Å². The van der Waals surface area contributed by atoms with Crippen molar-refractivity contribution in [3.63, 3.8) is 0 Å². The van der Waals surface area contributed by atoms with Crippen LogP contribution >= 0.6 is 11.6 Å². The van der Waals surface area contributed by atoms with E-state index in [1.807, 2.05) is 0 Å². The van der Waals surface area contributed by atoms with Crippen LogP contribution in [-0.4, -0.2) is 22.8 Å². The maximum Gasteiger partial charge on any atom is 0.339 e. The number of ether oxygens (including phenoxy) is 1. The van der Waals surface area contributed by atoms with Crippen molar-refractivity contribution < 1.29 is 19.2 Å². The number of ketones is 1. The maximum absolute atomic E-state index is 12.2. The van der Waals surface area contributed by atoms with Crippen molar-refractivity contribution in [1.29, 1.82) is 0 Å². The molecule has 0 fully saturated rings. The van der Waals surface area contributed by atoms with Crippen molar-refractivity contribution in [3.8, 4) is 0 Å². The molecule has 0 aliphatic heterocycles. The van der Waals surface area contributed by atoms with Crippen LogP contribution in [0.5, 0.6) is 0 Å². The lowest BCUT2D eigenvalue weighted by molar-refractivity contribution is -0.383. The molecule has 0 saturated carbocycles. The molecule has 0 heterocycles. The summed E-state index contributed by atoms with van der Waals surface area (Å²) >= 11 is 5.75. The Bertz CT molecular complexity index is 805. The Hall–Kier alpha value is -2.93. The van der Waals surface area contributed by atoms with Crippen molar-refractivity contribution in [3.05, 3.63) is 68.7 Å². The van der Waals surface area contributed by atoms with Crippen LogP contribution in [0.25, 0.3) is 0 Å². The number of benzene rings is 2. The molecule has 7 nitrogen and oxygen atoms in total. The molecule has 2 aromatic carbocycles. The largest absolute Gasteiger partial charge is 0.451 e. The Morgan fingerprint density at radius 1 is 1.17 bits per heavy atom. The predicted molar refractivity (Wildman–Crippen MR) is 88.2 cm³/mol. The van der Waals surface area contributed by atoms with Crippen LogP contribution in [-0.2, 0) is 4.74 Å². The fourth-order valence-electron chi connectivity index (χ4n) is 1.96. The normalized spacial score (nSPS) is 11.6. The van der Waals surface area contributed by atoms with E-state index in [2.05, 4.69) is 0 Å². The Morgan fingerprint density at radius 3 is 2.33 bits per heavy atom. The number of nitro benzene ring substituents is 1. The van der Waals surface area contributed by atoms with Gasteiger partial charge in [0.2, 0.25) is 5.78 Å². The van der Waals surface area contributed by atoms with E-state index in [-0.39, 0.29) is 11.3 Å². The van der Waals surface area contributed by atoms with E-state index >= 15 is 0 Å². The monoisotopic (exact) mass is 348 g/mol. The third-order valence-corrected chi connectivity index (χ3v) is 3.50. The molecule has 0 amide bonds. The number of carbonyl (C=O) groups is 2. The number of nitrogen functional groups attached to an aromatic ring is 1. The lowest BCUT2D eigenvalue weighted by Gasteiger charge is -2.12. The van der Waals surface area contributed by atoms with Gasteiger partial charge in [0, 0.05) is 16.7 Å². The fraction of sp³-hybridized carbons (Fsp3) is 0.125. The number of nitrogens with zero attached hydrogens (tertiary/aromatic N) is 1. The quantitative estimate of drug-likeness (QED) is 0.292. The zero-order chi connectivity index (χ0) is 17.9. The lowest BCUT2D eigenvalue weighted by atomic mass is 10.1. The molecule has 0 saturated heterocycles. The molecule has 0 aliphatic carbocycles. The second-order valence-electron chi connectivity index (χ2n) is 4.95. The summed E-state index contributed by atoms with van der Waals surface area (Å²) in [6, 6.07) is 9.67. The summed E-state index contributed by atoms with van der Waals surface area (Å²) in [4.78, 5) is 34.4. The van der Waals surface area contributed by atoms with Gasteiger partial charge in [-0.25, -0.2) is 4.79 Å². The van der Waals surface area contributed by atoms with Crippen LogP contribution in [0.15, 0.2) is 42.5 Å². The van der Waals surface area contributed by atoms with E-state index in [1.165, 1.54) is 31.2 Å². The van der Waals surface area contributed by atoms with Gasteiger partial charge in [0.1, 0.15) is 5.69 Å². The summed E-state index contributed by atoms with van der Waals surface area (Å²) in [6.07, 6.45) is -1.06. The van der Waals surface area contributed by atoms with E-state index in [0.29, 0.717) is 10.6 Å². The number of nitro groups is 1. The number of nitrogens with two attached hydrogens (primary N) is 1. The number of hydrogen-bond acceptors (Lipinski definition) is 6. The minimum atomic E-state index is -1.06. The van der Waals surface area contributed by atoms with Crippen molar-refractivity contribution in [2.24, 2.45) is 0 Å². The summed E-state index contributed by atoms with van der Waals surface area (Å²) in [5.74, 6) is -1.27. The second kappa shape index (κ2) is 7.10. The van der Waals surface area contributed by atoms with Crippen molar-refractivity contribution in [2.45, 2.75) is 13.0 Å². The molecule has 0 unspecified atom stereocenters. The molecule has 8 heteroatoms. The molecule has 0 radical (unpaired) electrons. The highest BCUT2D eigenvalue weighted by Gasteiger charge is 2.22. The smallest absolute Gasteiger partial charge is 0.339 e. The Kier molecular flexibility index (Phi) is 5.15. The van der Waals surface area contributed by atoms with Gasteiger partial charge in [-0.2, -0.15) is 0 Å². The van der Waals surface area contributed by atoms with Crippen LogP contribution in [0.1, 0.15) is 27.6 Å². The maximum atomic E-state index is 12.2. The summed E-state index contributed by atoms with van der Waals surface area (Å²) in [5.41, 5.74) is 5.27. The van der Waals surface area contributed by atoms with Gasteiger partial charge in [-0.3, -0.25) is 14.9 Å². The van der Waals surface area contributed by atoms with Crippen LogP contribution in [0.4, 0.5) is 11.4 Å². The number of hydrogen-bond donors (Lipinski definition) is 1. The van der Waals surface area contributed by atoms with Gasteiger partial charge in [0.15, 0.2) is 6.10 Å². The Morgan fingerprint density at radius 2 is 1.75 bits per heavy atom. The molecular formula is C16H13ClN2O5. The Balaban J connectivity index is 2.14.